The second-order valence-electron chi connectivity index (χ2n) is 4.31. The standard InChI is InChI=1S/C12H17NO4S/c1-9(2)10-4-6-11(7-5-10)17-8-12(14)13-18(3,15)16/h4-7,9H,8H2,1-3H3,(H,13,14). The molecule has 0 radical (unpaired) electrons. The molecule has 1 rings (SSSR count). The monoisotopic (exact) mass is 271 g/mol. The summed E-state index contributed by atoms with van der Waals surface area (Å²) in [5, 5.41) is 0. The van der Waals surface area contributed by atoms with Crippen LogP contribution >= 0.6 is 0 Å². The fourth-order valence-corrected chi connectivity index (χ4v) is 1.81. The lowest BCUT2D eigenvalue weighted by molar-refractivity contribution is -0.121. The first-order chi connectivity index (χ1) is 8.28. The van der Waals surface area contributed by atoms with Crippen molar-refractivity contribution < 1.29 is 17.9 Å². The first-order valence-electron chi connectivity index (χ1n) is 5.51. The van der Waals surface area contributed by atoms with Gasteiger partial charge in [0, 0.05) is 0 Å². The van der Waals surface area contributed by atoms with E-state index in [4.69, 9.17) is 4.74 Å². The van der Waals surface area contributed by atoms with Crippen molar-refractivity contribution in [3.05, 3.63) is 29.8 Å². The van der Waals surface area contributed by atoms with Crippen LogP contribution in [-0.2, 0) is 14.8 Å². The molecule has 6 heteroatoms. The van der Waals surface area contributed by atoms with E-state index in [0.29, 0.717) is 11.7 Å². The Labute approximate surface area is 107 Å². The van der Waals surface area contributed by atoms with E-state index < -0.39 is 15.9 Å². The van der Waals surface area contributed by atoms with Crippen molar-refractivity contribution in [2.75, 3.05) is 12.9 Å². The van der Waals surface area contributed by atoms with Gasteiger partial charge in [0.1, 0.15) is 5.75 Å². The average molecular weight is 271 g/mol. The van der Waals surface area contributed by atoms with Crippen molar-refractivity contribution in [1.29, 1.82) is 0 Å². The molecule has 1 N–H and O–H groups in total. The molecule has 0 aromatic heterocycles. The second-order valence-corrected chi connectivity index (χ2v) is 6.06. The Hall–Kier alpha value is -1.56. The molecule has 100 valence electrons. The fraction of sp³-hybridized carbons (Fsp3) is 0.417. The van der Waals surface area contributed by atoms with Crippen LogP contribution in [0.1, 0.15) is 25.3 Å². The summed E-state index contributed by atoms with van der Waals surface area (Å²) in [6.45, 7) is 3.83. The van der Waals surface area contributed by atoms with Crippen molar-refractivity contribution in [1.82, 2.24) is 4.72 Å². The van der Waals surface area contributed by atoms with Gasteiger partial charge in [-0.25, -0.2) is 8.42 Å². The van der Waals surface area contributed by atoms with Crippen molar-refractivity contribution in [2.45, 2.75) is 19.8 Å². The Morgan fingerprint density at radius 2 is 1.83 bits per heavy atom. The van der Waals surface area contributed by atoms with Gasteiger partial charge < -0.3 is 4.74 Å². The molecular weight excluding hydrogens is 254 g/mol. The van der Waals surface area contributed by atoms with Crippen LogP contribution in [0.15, 0.2) is 24.3 Å². The molecule has 0 aliphatic heterocycles. The van der Waals surface area contributed by atoms with E-state index in [0.717, 1.165) is 6.26 Å². The minimum absolute atomic E-state index is 0.325. The SMILES string of the molecule is CC(C)c1ccc(OCC(=O)NS(C)(=O)=O)cc1. The maximum atomic E-state index is 11.2. The van der Waals surface area contributed by atoms with Crippen LogP contribution in [0.5, 0.6) is 5.75 Å². The van der Waals surface area contributed by atoms with Gasteiger partial charge in [-0.1, -0.05) is 26.0 Å². The number of benzene rings is 1. The van der Waals surface area contributed by atoms with E-state index >= 15 is 0 Å². The highest BCUT2D eigenvalue weighted by atomic mass is 32.2. The second kappa shape index (κ2) is 5.86. The smallest absolute Gasteiger partial charge is 0.271 e. The van der Waals surface area contributed by atoms with Gasteiger partial charge in [-0.3, -0.25) is 9.52 Å². The van der Waals surface area contributed by atoms with E-state index in [9.17, 15) is 13.2 Å². The highest BCUT2D eigenvalue weighted by molar-refractivity contribution is 7.89. The minimum Gasteiger partial charge on any atom is -0.484 e. The quantitative estimate of drug-likeness (QED) is 0.875. The van der Waals surface area contributed by atoms with Crippen molar-refractivity contribution in [2.24, 2.45) is 0 Å². The van der Waals surface area contributed by atoms with E-state index in [2.05, 4.69) is 13.8 Å². The fourth-order valence-electron chi connectivity index (χ4n) is 1.33. The Morgan fingerprint density at radius 1 is 1.28 bits per heavy atom. The average Bonchev–Trinajstić information content (AvgIpc) is 2.24. The molecule has 0 spiro atoms. The molecular formula is C12H17NO4S. The predicted octanol–water partition coefficient (Wildman–Crippen LogP) is 1.26. The molecule has 18 heavy (non-hydrogen) atoms. The molecule has 0 heterocycles. The zero-order valence-corrected chi connectivity index (χ0v) is 11.5. The molecule has 0 fully saturated rings. The van der Waals surface area contributed by atoms with Gasteiger partial charge in [-0.15, -0.1) is 0 Å². The lowest BCUT2D eigenvalue weighted by atomic mass is 10.0. The first-order valence-corrected chi connectivity index (χ1v) is 7.40. The molecule has 0 saturated heterocycles. The minimum atomic E-state index is -3.53. The molecule has 0 aliphatic carbocycles. The number of rotatable bonds is 5. The predicted molar refractivity (Wildman–Crippen MR) is 69.0 cm³/mol. The van der Waals surface area contributed by atoms with E-state index in [1.54, 1.807) is 12.1 Å². The third-order valence-electron chi connectivity index (χ3n) is 2.22. The third-order valence-corrected chi connectivity index (χ3v) is 2.81. The highest BCUT2D eigenvalue weighted by Gasteiger charge is 2.09. The number of nitrogens with one attached hydrogen (secondary N) is 1. The topological polar surface area (TPSA) is 72.5 Å². The summed E-state index contributed by atoms with van der Waals surface area (Å²) >= 11 is 0. The Bertz CT molecular complexity index is 505. The maximum absolute atomic E-state index is 11.2. The van der Waals surface area contributed by atoms with Crippen molar-refractivity contribution >= 4 is 15.9 Å². The third kappa shape index (κ3) is 5.18. The van der Waals surface area contributed by atoms with E-state index in [-0.39, 0.29) is 6.61 Å². The van der Waals surface area contributed by atoms with E-state index in [1.165, 1.54) is 5.56 Å². The summed E-state index contributed by atoms with van der Waals surface area (Å²) < 4.78 is 28.6. The Kier molecular flexibility index (Phi) is 4.72. The summed E-state index contributed by atoms with van der Waals surface area (Å²) in [5.41, 5.74) is 1.17. The van der Waals surface area contributed by atoms with Gasteiger partial charge in [0.15, 0.2) is 6.61 Å². The molecule has 1 amide bonds. The molecule has 0 bridgehead atoms. The lowest BCUT2D eigenvalue weighted by Gasteiger charge is -2.08. The van der Waals surface area contributed by atoms with Crippen LogP contribution < -0.4 is 9.46 Å². The summed E-state index contributed by atoms with van der Waals surface area (Å²) in [7, 11) is -3.53. The van der Waals surface area contributed by atoms with Crippen LogP contribution in [0.3, 0.4) is 0 Å². The van der Waals surface area contributed by atoms with Crippen LogP contribution in [0.4, 0.5) is 0 Å². The Morgan fingerprint density at radius 3 is 2.28 bits per heavy atom. The highest BCUT2D eigenvalue weighted by Crippen LogP contribution is 2.18. The maximum Gasteiger partial charge on any atom is 0.271 e. The summed E-state index contributed by atoms with van der Waals surface area (Å²) in [4.78, 5) is 11.2. The van der Waals surface area contributed by atoms with Crippen molar-refractivity contribution in [3.63, 3.8) is 0 Å². The number of carbonyl (C=O) groups excluding carboxylic acids is 1. The molecule has 5 nitrogen and oxygen atoms in total. The van der Waals surface area contributed by atoms with Crippen molar-refractivity contribution in [3.8, 4) is 5.75 Å². The molecule has 0 unspecified atom stereocenters. The number of sulfonamides is 1. The molecule has 1 aromatic rings. The lowest BCUT2D eigenvalue weighted by Crippen LogP contribution is -2.33. The molecule has 0 atom stereocenters. The van der Waals surface area contributed by atoms with Crippen LogP contribution in [-0.4, -0.2) is 27.2 Å². The van der Waals surface area contributed by atoms with Gasteiger partial charge >= 0.3 is 0 Å². The van der Waals surface area contributed by atoms with Gasteiger partial charge in [0.05, 0.1) is 6.26 Å². The molecule has 1 aromatic carbocycles. The summed E-state index contributed by atoms with van der Waals surface area (Å²) in [6.07, 6.45) is 0.919. The van der Waals surface area contributed by atoms with Crippen LogP contribution in [0, 0.1) is 0 Å². The zero-order chi connectivity index (χ0) is 13.8. The normalized spacial score (nSPS) is 11.3. The molecule has 0 aliphatic rings. The zero-order valence-electron chi connectivity index (χ0n) is 10.6. The molecule has 0 saturated carbocycles. The van der Waals surface area contributed by atoms with Crippen LogP contribution in [0.2, 0.25) is 0 Å². The van der Waals surface area contributed by atoms with Crippen LogP contribution in [0.25, 0.3) is 0 Å². The largest absolute Gasteiger partial charge is 0.484 e. The van der Waals surface area contributed by atoms with Gasteiger partial charge in [0.2, 0.25) is 10.0 Å². The van der Waals surface area contributed by atoms with Gasteiger partial charge in [0.25, 0.3) is 5.91 Å². The number of carbonyl (C=O) groups is 1. The number of amides is 1. The van der Waals surface area contributed by atoms with E-state index in [1.807, 2.05) is 16.9 Å². The number of hydrogen-bond donors (Lipinski definition) is 1. The first kappa shape index (κ1) is 14.5. The Balaban J connectivity index is 2.51. The van der Waals surface area contributed by atoms with Gasteiger partial charge in [-0.05, 0) is 23.6 Å². The van der Waals surface area contributed by atoms with Gasteiger partial charge in [-0.2, -0.15) is 0 Å². The summed E-state index contributed by atoms with van der Waals surface area (Å²) in [6, 6.07) is 7.33. The summed E-state index contributed by atoms with van der Waals surface area (Å²) in [5.74, 6) is 0.265. The number of hydrogen-bond acceptors (Lipinski definition) is 4. The number of ether oxygens (including phenoxy) is 1.